The molecule has 2 nitrogen and oxygen atoms in total. The van der Waals surface area contributed by atoms with Crippen LogP contribution in [0.5, 0.6) is 0 Å². The monoisotopic (exact) mass is 266 g/mol. The van der Waals surface area contributed by atoms with Crippen molar-refractivity contribution in [2.24, 2.45) is 28.6 Å². The number of esters is 1. The standard InChI is InChI=1S/C17H30O2/c1-12-7-8-14-16(2,3)9-6-10-17(14,4)13(12)11-15(18)19-5/h12-14H,6-11H2,1-5H3/t12?,13-,14-,17+/m0/s1. The Morgan fingerprint density at radius 2 is 1.89 bits per heavy atom. The molecular formula is C17H30O2. The number of hydrogen-bond donors (Lipinski definition) is 0. The normalized spacial score (nSPS) is 41.4. The summed E-state index contributed by atoms with van der Waals surface area (Å²) >= 11 is 0. The van der Waals surface area contributed by atoms with E-state index in [1.807, 2.05) is 0 Å². The molecule has 0 bridgehead atoms. The molecular weight excluding hydrogens is 236 g/mol. The topological polar surface area (TPSA) is 26.3 Å². The van der Waals surface area contributed by atoms with Gasteiger partial charge in [0.05, 0.1) is 7.11 Å². The number of carbonyl (C=O) groups is 1. The van der Waals surface area contributed by atoms with E-state index in [0.29, 0.717) is 29.1 Å². The minimum absolute atomic E-state index is 0.0258. The first kappa shape index (κ1) is 14.9. The van der Waals surface area contributed by atoms with Crippen LogP contribution >= 0.6 is 0 Å². The molecule has 0 spiro atoms. The van der Waals surface area contributed by atoms with E-state index in [1.165, 1.54) is 39.2 Å². The van der Waals surface area contributed by atoms with Crippen molar-refractivity contribution in [3.63, 3.8) is 0 Å². The molecule has 2 saturated carbocycles. The van der Waals surface area contributed by atoms with E-state index in [-0.39, 0.29) is 5.97 Å². The number of methoxy groups -OCH3 is 1. The average molecular weight is 266 g/mol. The third-order valence-corrected chi connectivity index (χ3v) is 6.33. The summed E-state index contributed by atoms with van der Waals surface area (Å²) in [6, 6.07) is 0. The highest BCUT2D eigenvalue weighted by Gasteiger charge is 2.54. The van der Waals surface area contributed by atoms with Gasteiger partial charge in [0.1, 0.15) is 0 Å². The van der Waals surface area contributed by atoms with Crippen LogP contribution < -0.4 is 0 Å². The van der Waals surface area contributed by atoms with Gasteiger partial charge in [0.25, 0.3) is 0 Å². The van der Waals surface area contributed by atoms with Crippen LogP contribution in [0.25, 0.3) is 0 Å². The molecule has 19 heavy (non-hydrogen) atoms. The number of fused-ring (bicyclic) bond motifs is 1. The van der Waals surface area contributed by atoms with Gasteiger partial charge in [-0.15, -0.1) is 0 Å². The third-order valence-electron chi connectivity index (χ3n) is 6.33. The zero-order valence-corrected chi connectivity index (χ0v) is 13.3. The molecule has 1 unspecified atom stereocenters. The zero-order chi connectivity index (χ0) is 14.3. The molecule has 0 amide bonds. The molecule has 0 aromatic carbocycles. The Balaban J connectivity index is 2.27. The van der Waals surface area contributed by atoms with Crippen molar-refractivity contribution in [1.82, 2.24) is 0 Å². The van der Waals surface area contributed by atoms with Crippen LogP contribution in [0, 0.1) is 28.6 Å². The summed E-state index contributed by atoms with van der Waals surface area (Å²) in [6.07, 6.45) is 7.15. The Hall–Kier alpha value is -0.530. The lowest BCUT2D eigenvalue weighted by molar-refractivity contribution is -0.150. The molecule has 4 atom stereocenters. The van der Waals surface area contributed by atoms with E-state index in [0.717, 1.165) is 5.92 Å². The predicted octanol–water partition coefficient (Wildman–Crippen LogP) is 4.43. The molecule has 2 fully saturated rings. The van der Waals surface area contributed by atoms with Crippen molar-refractivity contribution < 1.29 is 9.53 Å². The molecule has 2 aliphatic rings. The fourth-order valence-electron chi connectivity index (χ4n) is 5.31. The second-order valence-corrected chi connectivity index (χ2v) is 7.84. The average Bonchev–Trinajstić information content (AvgIpc) is 2.32. The SMILES string of the molecule is COC(=O)C[C@H]1C(C)CC[C@H]2C(C)(C)CCC[C@]12C. The molecule has 0 radical (unpaired) electrons. The lowest BCUT2D eigenvalue weighted by atomic mass is 9.46. The Morgan fingerprint density at radius 3 is 2.53 bits per heavy atom. The van der Waals surface area contributed by atoms with Crippen LogP contribution in [-0.4, -0.2) is 13.1 Å². The van der Waals surface area contributed by atoms with Crippen molar-refractivity contribution in [2.45, 2.75) is 66.2 Å². The van der Waals surface area contributed by atoms with E-state index >= 15 is 0 Å². The lowest BCUT2D eigenvalue weighted by Crippen LogP contribution is -2.51. The van der Waals surface area contributed by atoms with Crippen LogP contribution in [0.1, 0.15) is 66.2 Å². The fourth-order valence-corrected chi connectivity index (χ4v) is 5.31. The van der Waals surface area contributed by atoms with Crippen molar-refractivity contribution in [1.29, 1.82) is 0 Å². The Labute approximate surface area is 118 Å². The van der Waals surface area contributed by atoms with Crippen molar-refractivity contribution in [2.75, 3.05) is 7.11 Å². The molecule has 0 aromatic heterocycles. The van der Waals surface area contributed by atoms with Gasteiger partial charge in [-0.3, -0.25) is 4.79 Å². The van der Waals surface area contributed by atoms with E-state index in [4.69, 9.17) is 4.74 Å². The van der Waals surface area contributed by atoms with Crippen molar-refractivity contribution in [3.05, 3.63) is 0 Å². The summed E-state index contributed by atoms with van der Waals surface area (Å²) < 4.78 is 4.94. The minimum atomic E-state index is -0.0258. The zero-order valence-electron chi connectivity index (χ0n) is 13.3. The van der Waals surface area contributed by atoms with Crippen LogP contribution in [0.4, 0.5) is 0 Å². The summed E-state index contributed by atoms with van der Waals surface area (Å²) in [7, 11) is 1.51. The van der Waals surface area contributed by atoms with Crippen LogP contribution in [0.3, 0.4) is 0 Å². The summed E-state index contributed by atoms with van der Waals surface area (Å²) in [6.45, 7) is 9.64. The van der Waals surface area contributed by atoms with Gasteiger partial charge in [0.15, 0.2) is 0 Å². The van der Waals surface area contributed by atoms with E-state index < -0.39 is 0 Å². The van der Waals surface area contributed by atoms with Gasteiger partial charge >= 0.3 is 5.97 Å². The predicted molar refractivity (Wildman–Crippen MR) is 77.8 cm³/mol. The summed E-state index contributed by atoms with van der Waals surface area (Å²) in [5.74, 6) is 1.88. The number of carbonyl (C=O) groups excluding carboxylic acids is 1. The maximum atomic E-state index is 11.8. The van der Waals surface area contributed by atoms with E-state index in [9.17, 15) is 4.79 Å². The molecule has 0 saturated heterocycles. The fraction of sp³-hybridized carbons (Fsp3) is 0.941. The quantitative estimate of drug-likeness (QED) is 0.691. The minimum Gasteiger partial charge on any atom is -0.469 e. The van der Waals surface area contributed by atoms with Gasteiger partial charge in [-0.2, -0.15) is 0 Å². The van der Waals surface area contributed by atoms with Gasteiger partial charge < -0.3 is 4.74 Å². The Bertz CT molecular complexity index is 347. The summed E-state index contributed by atoms with van der Waals surface area (Å²) in [5.41, 5.74) is 0.759. The molecule has 0 aromatic rings. The van der Waals surface area contributed by atoms with Gasteiger partial charge in [-0.25, -0.2) is 0 Å². The largest absolute Gasteiger partial charge is 0.469 e. The maximum Gasteiger partial charge on any atom is 0.305 e. The smallest absolute Gasteiger partial charge is 0.305 e. The molecule has 2 rings (SSSR count). The van der Waals surface area contributed by atoms with Crippen LogP contribution in [-0.2, 0) is 9.53 Å². The molecule has 2 aliphatic carbocycles. The van der Waals surface area contributed by atoms with E-state index in [2.05, 4.69) is 27.7 Å². The number of hydrogen-bond acceptors (Lipinski definition) is 2. The van der Waals surface area contributed by atoms with Gasteiger partial charge in [-0.05, 0) is 47.8 Å². The van der Waals surface area contributed by atoms with Gasteiger partial charge in [-0.1, -0.05) is 40.5 Å². The highest BCUT2D eigenvalue weighted by atomic mass is 16.5. The van der Waals surface area contributed by atoms with Gasteiger partial charge in [0, 0.05) is 6.42 Å². The molecule has 0 N–H and O–H groups in total. The third kappa shape index (κ3) is 2.55. The van der Waals surface area contributed by atoms with Crippen molar-refractivity contribution in [3.8, 4) is 0 Å². The summed E-state index contributed by atoms with van der Waals surface area (Å²) in [4.78, 5) is 11.8. The molecule has 110 valence electrons. The lowest BCUT2D eigenvalue weighted by Gasteiger charge is -2.59. The second-order valence-electron chi connectivity index (χ2n) is 7.84. The first-order chi connectivity index (χ1) is 8.81. The highest BCUT2D eigenvalue weighted by molar-refractivity contribution is 5.69. The molecule has 2 heteroatoms. The first-order valence-electron chi connectivity index (χ1n) is 7.88. The van der Waals surface area contributed by atoms with Gasteiger partial charge in [0.2, 0.25) is 0 Å². The molecule has 0 aliphatic heterocycles. The Morgan fingerprint density at radius 1 is 1.21 bits per heavy atom. The number of rotatable bonds is 2. The highest BCUT2D eigenvalue weighted by Crippen LogP contribution is 2.61. The summed E-state index contributed by atoms with van der Waals surface area (Å²) in [5, 5.41) is 0. The van der Waals surface area contributed by atoms with Crippen molar-refractivity contribution >= 4 is 5.97 Å². The first-order valence-corrected chi connectivity index (χ1v) is 7.88. The van der Waals surface area contributed by atoms with Crippen LogP contribution in [0.2, 0.25) is 0 Å². The van der Waals surface area contributed by atoms with Crippen LogP contribution in [0.15, 0.2) is 0 Å². The Kier molecular flexibility index (Phi) is 3.99. The maximum absolute atomic E-state index is 11.8. The second kappa shape index (κ2) is 5.10. The van der Waals surface area contributed by atoms with E-state index in [1.54, 1.807) is 0 Å². The number of ether oxygens (including phenoxy) is 1. The molecule has 0 heterocycles.